The lowest BCUT2D eigenvalue weighted by atomic mass is 10.2. The van der Waals surface area contributed by atoms with Gasteiger partial charge in [-0.05, 0) is 26.0 Å². The van der Waals surface area contributed by atoms with Crippen molar-refractivity contribution < 1.29 is 4.79 Å². The number of hydrogen-bond donors (Lipinski definition) is 3. The predicted octanol–water partition coefficient (Wildman–Crippen LogP) is 1.40. The number of anilines is 2. The molecule has 0 bridgehead atoms. The average Bonchev–Trinajstić information content (AvgIpc) is 2.87. The second kappa shape index (κ2) is 5.49. The number of hydrogen-bond acceptors (Lipinski definition) is 5. The molecule has 0 saturated heterocycles. The molecule has 2 aromatic heterocycles. The summed E-state index contributed by atoms with van der Waals surface area (Å²) in [4.78, 5) is 15.9. The van der Waals surface area contributed by atoms with Crippen LogP contribution in [0.3, 0.4) is 0 Å². The Morgan fingerprint density at radius 3 is 2.79 bits per heavy atom. The Labute approximate surface area is 110 Å². The van der Waals surface area contributed by atoms with Crippen LogP contribution in [0.2, 0.25) is 0 Å². The Kier molecular flexibility index (Phi) is 3.76. The van der Waals surface area contributed by atoms with Crippen molar-refractivity contribution in [1.82, 2.24) is 14.8 Å². The highest BCUT2D eigenvalue weighted by Crippen LogP contribution is 2.11. The van der Waals surface area contributed by atoms with Crippen molar-refractivity contribution in [1.29, 1.82) is 0 Å². The van der Waals surface area contributed by atoms with Gasteiger partial charge in [0.2, 0.25) is 0 Å². The van der Waals surface area contributed by atoms with E-state index >= 15 is 0 Å². The van der Waals surface area contributed by atoms with E-state index in [1.165, 1.54) is 6.20 Å². The van der Waals surface area contributed by atoms with Crippen LogP contribution < -0.4 is 16.6 Å². The normalized spacial score (nSPS) is 10.5. The Morgan fingerprint density at radius 1 is 1.37 bits per heavy atom. The first-order valence-electron chi connectivity index (χ1n) is 5.89. The summed E-state index contributed by atoms with van der Waals surface area (Å²) >= 11 is 0. The molecule has 0 aliphatic carbocycles. The highest BCUT2D eigenvalue weighted by molar-refractivity contribution is 6.04. The lowest BCUT2D eigenvalue weighted by Gasteiger charge is -2.05. The fourth-order valence-corrected chi connectivity index (χ4v) is 1.53. The average molecular weight is 260 g/mol. The maximum atomic E-state index is 12.0. The molecule has 100 valence electrons. The smallest absolute Gasteiger partial charge is 0.257 e. The third-order valence-corrected chi connectivity index (χ3v) is 2.55. The molecule has 0 atom stereocenters. The first-order valence-corrected chi connectivity index (χ1v) is 5.89. The molecule has 0 aliphatic heterocycles. The van der Waals surface area contributed by atoms with Gasteiger partial charge in [0.05, 0.1) is 0 Å². The number of nitrogens with zero attached hydrogens (tertiary/aromatic N) is 3. The molecule has 2 rings (SSSR count). The Balaban J connectivity index is 2.11. The molecule has 19 heavy (non-hydrogen) atoms. The van der Waals surface area contributed by atoms with Crippen LogP contribution in [0.4, 0.5) is 11.6 Å². The SMILES string of the molecule is CC(C)n1ccc(NC(=O)c2ccnc(NN)c2)n1. The number of aromatic nitrogens is 3. The number of amides is 1. The van der Waals surface area contributed by atoms with Crippen LogP contribution in [0.25, 0.3) is 0 Å². The van der Waals surface area contributed by atoms with Crippen molar-refractivity contribution in [2.75, 3.05) is 10.7 Å². The van der Waals surface area contributed by atoms with Gasteiger partial charge in [0.1, 0.15) is 5.82 Å². The third-order valence-electron chi connectivity index (χ3n) is 2.55. The summed E-state index contributed by atoms with van der Waals surface area (Å²) < 4.78 is 1.77. The summed E-state index contributed by atoms with van der Waals surface area (Å²) in [5, 5.41) is 6.96. The van der Waals surface area contributed by atoms with Crippen LogP contribution in [0.15, 0.2) is 30.6 Å². The topological polar surface area (TPSA) is 97.9 Å². The van der Waals surface area contributed by atoms with Crippen LogP contribution in [0, 0.1) is 0 Å². The van der Waals surface area contributed by atoms with Crippen molar-refractivity contribution in [2.45, 2.75) is 19.9 Å². The number of nitrogen functional groups attached to an aromatic ring is 1. The number of nitrogens with two attached hydrogens (primary N) is 1. The van der Waals surface area contributed by atoms with Crippen molar-refractivity contribution in [3.8, 4) is 0 Å². The van der Waals surface area contributed by atoms with E-state index in [1.807, 2.05) is 20.0 Å². The van der Waals surface area contributed by atoms with Gasteiger partial charge in [0, 0.05) is 30.1 Å². The fraction of sp³-hybridized carbons (Fsp3) is 0.250. The number of nitrogens with one attached hydrogen (secondary N) is 2. The summed E-state index contributed by atoms with van der Waals surface area (Å²) in [6.45, 7) is 4.03. The zero-order valence-electron chi connectivity index (χ0n) is 10.8. The maximum Gasteiger partial charge on any atom is 0.257 e. The molecule has 0 radical (unpaired) electrons. The number of carbonyl (C=O) groups is 1. The molecule has 7 heteroatoms. The maximum absolute atomic E-state index is 12.0. The largest absolute Gasteiger partial charge is 0.308 e. The molecule has 0 aromatic carbocycles. The minimum atomic E-state index is -0.257. The number of hydrazine groups is 1. The van der Waals surface area contributed by atoms with E-state index in [-0.39, 0.29) is 11.9 Å². The molecule has 0 fully saturated rings. The second-order valence-electron chi connectivity index (χ2n) is 4.30. The number of pyridine rings is 1. The zero-order chi connectivity index (χ0) is 13.8. The predicted molar refractivity (Wildman–Crippen MR) is 72.6 cm³/mol. The van der Waals surface area contributed by atoms with Crippen molar-refractivity contribution >= 4 is 17.5 Å². The monoisotopic (exact) mass is 260 g/mol. The number of rotatable bonds is 4. The minimum absolute atomic E-state index is 0.250. The van der Waals surface area contributed by atoms with Crippen LogP contribution >= 0.6 is 0 Å². The van der Waals surface area contributed by atoms with E-state index in [0.717, 1.165) is 0 Å². The molecule has 1 amide bonds. The van der Waals surface area contributed by atoms with Crippen LogP contribution in [0.1, 0.15) is 30.2 Å². The quantitative estimate of drug-likeness (QED) is 0.570. The summed E-state index contributed by atoms with van der Waals surface area (Å²) in [6.07, 6.45) is 3.33. The lowest BCUT2D eigenvalue weighted by molar-refractivity contribution is 0.102. The van der Waals surface area contributed by atoms with E-state index in [9.17, 15) is 4.79 Å². The Morgan fingerprint density at radius 2 is 2.16 bits per heavy atom. The van der Waals surface area contributed by atoms with Crippen molar-refractivity contribution in [2.24, 2.45) is 5.84 Å². The molecule has 7 nitrogen and oxygen atoms in total. The molecule has 0 aliphatic rings. The Bertz CT molecular complexity index is 577. The van der Waals surface area contributed by atoms with Gasteiger partial charge in [0.25, 0.3) is 5.91 Å². The van der Waals surface area contributed by atoms with Crippen molar-refractivity contribution in [3.05, 3.63) is 36.2 Å². The van der Waals surface area contributed by atoms with Crippen molar-refractivity contribution in [3.63, 3.8) is 0 Å². The van der Waals surface area contributed by atoms with Gasteiger partial charge in [0.15, 0.2) is 5.82 Å². The van der Waals surface area contributed by atoms with Gasteiger partial charge in [-0.2, -0.15) is 5.10 Å². The van der Waals surface area contributed by atoms with Gasteiger partial charge in [-0.25, -0.2) is 10.8 Å². The summed E-state index contributed by atoms with van der Waals surface area (Å²) in [5.74, 6) is 5.93. The summed E-state index contributed by atoms with van der Waals surface area (Å²) in [6, 6.07) is 5.17. The molecular weight excluding hydrogens is 244 g/mol. The van der Waals surface area contributed by atoms with Crippen LogP contribution in [0.5, 0.6) is 0 Å². The molecular formula is C12H16N6O. The van der Waals surface area contributed by atoms with E-state index in [0.29, 0.717) is 17.2 Å². The highest BCUT2D eigenvalue weighted by Gasteiger charge is 2.09. The molecule has 4 N–H and O–H groups in total. The third kappa shape index (κ3) is 3.08. The van der Waals surface area contributed by atoms with E-state index < -0.39 is 0 Å². The lowest BCUT2D eigenvalue weighted by Crippen LogP contribution is -2.15. The van der Waals surface area contributed by atoms with Gasteiger partial charge in [-0.15, -0.1) is 0 Å². The summed E-state index contributed by atoms with van der Waals surface area (Å²) in [7, 11) is 0. The van der Waals surface area contributed by atoms with Crippen LogP contribution in [-0.2, 0) is 0 Å². The molecule has 0 unspecified atom stereocenters. The Hall–Kier alpha value is -2.41. The number of carbonyl (C=O) groups excluding carboxylic acids is 1. The van der Waals surface area contributed by atoms with E-state index in [1.54, 1.807) is 22.9 Å². The minimum Gasteiger partial charge on any atom is -0.308 e. The standard InChI is InChI=1S/C12H16N6O/c1-8(2)18-6-4-10(17-18)15-12(19)9-3-5-14-11(7-9)16-13/h3-8H,13H2,1-2H3,(H,14,16)(H,15,17,19). The zero-order valence-corrected chi connectivity index (χ0v) is 10.8. The highest BCUT2D eigenvalue weighted by atomic mass is 16.1. The van der Waals surface area contributed by atoms with E-state index in [4.69, 9.17) is 5.84 Å². The van der Waals surface area contributed by atoms with Gasteiger partial charge < -0.3 is 10.7 Å². The van der Waals surface area contributed by atoms with Gasteiger partial charge in [-0.3, -0.25) is 9.48 Å². The summed E-state index contributed by atoms with van der Waals surface area (Å²) in [5.41, 5.74) is 2.85. The molecule has 0 spiro atoms. The second-order valence-corrected chi connectivity index (χ2v) is 4.30. The van der Waals surface area contributed by atoms with Crippen LogP contribution in [-0.4, -0.2) is 20.7 Å². The molecule has 2 aromatic rings. The molecule has 0 saturated carbocycles. The van der Waals surface area contributed by atoms with Gasteiger partial charge >= 0.3 is 0 Å². The first kappa shape index (κ1) is 13.0. The molecule has 2 heterocycles. The first-order chi connectivity index (χ1) is 9.10. The van der Waals surface area contributed by atoms with Gasteiger partial charge in [-0.1, -0.05) is 0 Å². The fourth-order valence-electron chi connectivity index (χ4n) is 1.53. The van der Waals surface area contributed by atoms with E-state index in [2.05, 4.69) is 20.8 Å².